The Morgan fingerprint density at radius 2 is 2.17 bits per heavy atom. The van der Waals surface area contributed by atoms with E-state index in [4.69, 9.17) is 5.73 Å². The molecule has 3 N–H and O–H groups in total. The molecule has 1 aromatic carbocycles. The second-order valence-electron chi connectivity index (χ2n) is 5.37. The van der Waals surface area contributed by atoms with Gasteiger partial charge in [0.25, 0.3) is 0 Å². The van der Waals surface area contributed by atoms with Gasteiger partial charge in [0.05, 0.1) is 6.10 Å². The predicted molar refractivity (Wildman–Crippen MR) is 79.7 cm³/mol. The Morgan fingerprint density at radius 1 is 1.39 bits per heavy atom. The van der Waals surface area contributed by atoms with E-state index in [1.54, 1.807) is 0 Å². The van der Waals surface area contributed by atoms with Crippen LogP contribution in [-0.4, -0.2) is 16.1 Å². The fraction of sp³-hybridized carbons (Fsp3) is 0.600. The summed E-state index contributed by atoms with van der Waals surface area (Å²) in [6, 6.07) is 7.61. The van der Waals surface area contributed by atoms with Gasteiger partial charge in [-0.15, -0.1) is 0 Å². The first-order chi connectivity index (χ1) is 8.66. The fourth-order valence-corrected chi connectivity index (χ4v) is 4.09. The van der Waals surface area contributed by atoms with E-state index in [1.807, 2.05) is 36.0 Å². The van der Waals surface area contributed by atoms with Crippen LogP contribution in [0.25, 0.3) is 0 Å². The van der Waals surface area contributed by atoms with Crippen LogP contribution >= 0.6 is 11.8 Å². The standard InChI is InChI=1S/C15H23NOS/c1-11-5-4-6-12(9-11)18-10-15(17)13-7-2-3-8-14(13)16/h2-3,7-8,11-12,15,17H,4-6,9-10,16H2,1H3. The first-order valence-corrected chi connectivity index (χ1v) is 7.85. The van der Waals surface area contributed by atoms with E-state index < -0.39 is 6.10 Å². The van der Waals surface area contributed by atoms with Crippen LogP contribution < -0.4 is 5.73 Å². The van der Waals surface area contributed by atoms with E-state index in [0.29, 0.717) is 10.9 Å². The van der Waals surface area contributed by atoms with Crippen molar-refractivity contribution in [3.63, 3.8) is 0 Å². The summed E-state index contributed by atoms with van der Waals surface area (Å²) in [5.41, 5.74) is 7.45. The van der Waals surface area contributed by atoms with Gasteiger partial charge < -0.3 is 10.8 Å². The van der Waals surface area contributed by atoms with Crippen molar-refractivity contribution < 1.29 is 5.11 Å². The van der Waals surface area contributed by atoms with Crippen LogP contribution in [0.2, 0.25) is 0 Å². The summed E-state index contributed by atoms with van der Waals surface area (Å²) < 4.78 is 0. The van der Waals surface area contributed by atoms with Crippen LogP contribution in [0.5, 0.6) is 0 Å². The van der Waals surface area contributed by atoms with Crippen molar-refractivity contribution in [2.75, 3.05) is 11.5 Å². The average Bonchev–Trinajstić information content (AvgIpc) is 2.37. The van der Waals surface area contributed by atoms with Crippen molar-refractivity contribution in [3.05, 3.63) is 29.8 Å². The maximum absolute atomic E-state index is 10.2. The van der Waals surface area contributed by atoms with Gasteiger partial charge in [0, 0.05) is 22.3 Å². The number of para-hydroxylation sites is 1. The summed E-state index contributed by atoms with van der Waals surface area (Å²) in [4.78, 5) is 0. The zero-order valence-corrected chi connectivity index (χ0v) is 11.8. The lowest BCUT2D eigenvalue weighted by Crippen LogP contribution is -2.17. The number of benzene rings is 1. The predicted octanol–water partition coefficient (Wildman–Crippen LogP) is 3.61. The molecule has 0 radical (unpaired) electrons. The highest BCUT2D eigenvalue weighted by Gasteiger charge is 2.20. The molecule has 2 nitrogen and oxygen atoms in total. The summed E-state index contributed by atoms with van der Waals surface area (Å²) in [6.45, 7) is 2.33. The largest absolute Gasteiger partial charge is 0.398 e. The molecule has 18 heavy (non-hydrogen) atoms. The maximum atomic E-state index is 10.2. The molecule has 0 aromatic heterocycles. The average molecular weight is 265 g/mol. The van der Waals surface area contributed by atoms with E-state index in [2.05, 4.69) is 6.92 Å². The monoisotopic (exact) mass is 265 g/mol. The quantitative estimate of drug-likeness (QED) is 0.817. The number of hydrogen-bond acceptors (Lipinski definition) is 3. The molecule has 1 aromatic rings. The number of anilines is 1. The van der Waals surface area contributed by atoms with E-state index in [-0.39, 0.29) is 0 Å². The van der Waals surface area contributed by atoms with Gasteiger partial charge in [-0.1, -0.05) is 38.0 Å². The fourth-order valence-electron chi connectivity index (χ4n) is 2.66. The number of nitrogen functional groups attached to an aromatic ring is 1. The Morgan fingerprint density at radius 3 is 2.89 bits per heavy atom. The van der Waals surface area contributed by atoms with Crippen molar-refractivity contribution in [2.45, 2.75) is 44.0 Å². The second kappa shape index (κ2) is 6.48. The smallest absolute Gasteiger partial charge is 0.0900 e. The SMILES string of the molecule is CC1CCCC(SCC(O)c2ccccc2N)C1. The van der Waals surface area contributed by atoms with E-state index >= 15 is 0 Å². The Bertz CT molecular complexity index is 383. The van der Waals surface area contributed by atoms with Crippen LogP contribution in [0.4, 0.5) is 5.69 Å². The van der Waals surface area contributed by atoms with Crippen molar-refractivity contribution in [1.29, 1.82) is 0 Å². The van der Waals surface area contributed by atoms with Crippen LogP contribution in [0.1, 0.15) is 44.3 Å². The Kier molecular flexibility index (Phi) is 4.95. The molecular formula is C15H23NOS. The number of nitrogens with two attached hydrogens (primary N) is 1. The molecule has 2 rings (SSSR count). The molecule has 100 valence electrons. The van der Waals surface area contributed by atoms with E-state index in [1.165, 1.54) is 25.7 Å². The number of thioether (sulfide) groups is 1. The van der Waals surface area contributed by atoms with Crippen molar-refractivity contribution in [1.82, 2.24) is 0 Å². The molecule has 0 amide bonds. The molecule has 0 heterocycles. The van der Waals surface area contributed by atoms with Crippen molar-refractivity contribution in [3.8, 4) is 0 Å². The molecule has 1 aliphatic carbocycles. The van der Waals surface area contributed by atoms with Gasteiger partial charge in [0.15, 0.2) is 0 Å². The third-order valence-corrected chi connectivity index (χ3v) is 5.14. The highest BCUT2D eigenvalue weighted by molar-refractivity contribution is 7.99. The summed E-state index contributed by atoms with van der Waals surface area (Å²) in [6.07, 6.45) is 4.86. The molecule has 1 saturated carbocycles. The molecule has 1 fully saturated rings. The van der Waals surface area contributed by atoms with Crippen molar-refractivity contribution in [2.24, 2.45) is 5.92 Å². The van der Waals surface area contributed by atoms with Crippen LogP contribution in [0, 0.1) is 5.92 Å². The number of aliphatic hydroxyl groups is 1. The topological polar surface area (TPSA) is 46.2 Å². The van der Waals surface area contributed by atoms with Gasteiger partial charge in [-0.2, -0.15) is 11.8 Å². The van der Waals surface area contributed by atoms with Gasteiger partial charge >= 0.3 is 0 Å². The van der Waals surface area contributed by atoms with Crippen LogP contribution in [0.3, 0.4) is 0 Å². The molecule has 0 aliphatic heterocycles. The molecule has 1 aliphatic rings. The highest BCUT2D eigenvalue weighted by atomic mass is 32.2. The Balaban J connectivity index is 1.84. The Hall–Kier alpha value is -0.670. The minimum Gasteiger partial charge on any atom is -0.398 e. The number of hydrogen-bond donors (Lipinski definition) is 2. The third kappa shape index (κ3) is 3.66. The molecular weight excluding hydrogens is 242 g/mol. The van der Waals surface area contributed by atoms with E-state index in [9.17, 15) is 5.11 Å². The zero-order chi connectivity index (χ0) is 13.0. The van der Waals surface area contributed by atoms with Crippen LogP contribution in [0.15, 0.2) is 24.3 Å². The van der Waals surface area contributed by atoms with Crippen molar-refractivity contribution >= 4 is 17.4 Å². The van der Waals surface area contributed by atoms with Gasteiger partial charge in [0.1, 0.15) is 0 Å². The lowest BCUT2D eigenvalue weighted by atomic mass is 9.91. The zero-order valence-electron chi connectivity index (χ0n) is 11.0. The van der Waals surface area contributed by atoms with Crippen LogP contribution in [-0.2, 0) is 0 Å². The lowest BCUT2D eigenvalue weighted by molar-refractivity contribution is 0.204. The maximum Gasteiger partial charge on any atom is 0.0900 e. The first-order valence-electron chi connectivity index (χ1n) is 6.81. The van der Waals surface area contributed by atoms with Gasteiger partial charge in [0.2, 0.25) is 0 Å². The molecule has 0 bridgehead atoms. The Labute approximate surface area is 114 Å². The van der Waals surface area contributed by atoms with E-state index in [0.717, 1.165) is 17.2 Å². The second-order valence-corrected chi connectivity index (χ2v) is 6.71. The summed E-state index contributed by atoms with van der Waals surface area (Å²) >= 11 is 1.91. The lowest BCUT2D eigenvalue weighted by Gasteiger charge is -2.27. The minimum absolute atomic E-state index is 0.437. The van der Waals surface area contributed by atoms with Gasteiger partial charge in [-0.25, -0.2) is 0 Å². The molecule has 3 unspecified atom stereocenters. The highest BCUT2D eigenvalue weighted by Crippen LogP contribution is 2.34. The molecule has 3 heteroatoms. The molecule has 0 saturated heterocycles. The third-order valence-electron chi connectivity index (χ3n) is 3.73. The molecule has 3 atom stereocenters. The summed E-state index contributed by atoms with van der Waals surface area (Å²) in [7, 11) is 0. The summed E-state index contributed by atoms with van der Waals surface area (Å²) in [5, 5.41) is 10.9. The first kappa shape index (κ1) is 13.8. The molecule has 0 spiro atoms. The number of rotatable bonds is 4. The normalized spacial score (nSPS) is 25.9. The van der Waals surface area contributed by atoms with Gasteiger partial charge in [-0.3, -0.25) is 0 Å². The summed E-state index contributed by atoms with van der Waals surface area (Å²) in [5.74, 6) is 1.60. The number of aliphatic hydroxyl groups excluding tert-OH is 1. The minimum atomic E-state index is -0.437. The van der Waals surface area contributed by atoms with Gasteiger partial charge in [-0.05, 0) is 24.8 Å².